The van der Waals surface area contributed by atoms with Gasteiger partial charge >= 0.3 is 6.08 Å². The maximum absolute atomic E-state index is 14.4. The van der Waals surface area contributed by atoms with E-state index in [0.29, 0.717) is 10.6 Å². The molecule has 0 radical (unpaired) electrons. The maximum Gasteiger partial charge on any atom is 0.315 e. The van der Waals surface area contributed by atoms with Gasteiger partial charge < -0.3 is 40.4 Å². The minimum atomic E-state index is -5.29. The van der Waals surface area contributed by atoms with Crippen LogP contribution >= 0.6 is 22.5 Å². The van der Waals surface area contributed by atoms with Gasteiger partial charge in [-0.25, -0.2) is 13.4 Å². The van der Waals surface area contributed by atoms with Gasteiger partial charge in [0.1, 0.15) is 32.8 Å². The Hall–Kier alpha value is -6.27. The van der Waals surface area contributed by atoms with Crippen LogP contribution in [0.2, 0.25) is 5.28 Å². The number of nitrogens with two attached hydrogens (primary N) is 1. The van der Waals surface area contributed by atoms with Crippen molar-refractivity contribution in [2.45, 2.75) is 35.1 Å². The Balaban J connectivity index is 1.49. The molecule has 0 aliphatic carbocycles. The molecule has 312 valence electrons. The molecule has 0 fully saturated rings. The average Bonchev–Trinajstić information content (AvgIpc) is 3.11. The molecule has 5 rings (SSSR count). The van der Waals surface area contributed by atoms with Crippen LogP contribution in [-0.2, 0) is 26.5 Å². The molecular weight excluding hydrogens is 869 g/mol. The molecule has 0 bridgehead atoms. The zero-order valence-electron chi connectivity index (χ0n) is 29.9. The fourth-order valence-corrected chi connectivity index (χ4v) is 7.33. The first-order valence-corrected chi connectivity index (χ1v) is 20.7. The number of azo groups is 1. The van der Waals surface area contributed by atoms with Gasteiger partial charge in [-0.15, -0.1) is 10.2 Å². The summed E-state index contributed by atoms with van der Waals surface area (Å²) >= 11 is 5.87. The Labute approximate surface area is 338 Å². The van der Waals surface area contributed by atoms with E-state index >= 15 is 0 Å². The lowest BCUT2D eigenvalue weighted by Crippen LogP contribution is -2.28. The second-order valence-electron chi connectivity index (χ2n) is 11.6. The van der Waals surface area contributed by atoms with E-state index in [1.807, 2.05) is 0 Å². The number of primary amides is 1. The minimum absolute atomic E-state index is 0.0531. The predicted octanol–water partition coefficient (Wildman–Crippen LogP) is 4.19. The first kappa shape index (κ1) is 43.8. The fourth-order valence-electron chi connectivity index (χ4n) is 5.03. The lowest BCUT2D eigenvalue weighted by molar-refractivity contribution is 0.0995. The molecule has 5 aromatic rings. The molecule has 29 heteroatoms. The molecule has 0 aliphatic rings. The number of sulfone groups is 1. The number of pyridine rings is 1. The molecule has 0 saturated carbocycles. The molecule has 0 aliphatic heterocycles. The summed E-state index contributed by atoms with van der Waals surface area (Å²) in [6.45, 7) is 4.97. The Morgan fingerprint density at radius 2 is 1.58 bits per heavy atom. The van der Waals surface area contributed by atoms with E-state index in [0.717, 1.165) is 18.4 Å². The van der Waals surface area contributed by atoms with E-state index < -0.39 is 93.2 Å². The van der Waals surface area contributed by atoms with E-state index in [2.05, 4.69) is 62.7 Å². The highest BCUT2D eigenvalue weighted by Crippen LogP contribution is 2.51. The van der Waals surface area contributed by atoms with Crippen molar-refractivity contribution in [1.29, 1.82) is 0 Å². The largest absolute Gasteiger partial charge is 0.494 e. The molecule has 0 saturated heterocycles. The molecule has 0 spiro atoms. The van der Waals surface area contributed by atoms with Crippen LogP contribution in [0.3, 0.4) is 0 Å². The van der Waals surface area contributed by atoms with E-state index in [9.17, 15) is 54.1 Å². The quantitative estimate of drug-likeness (QED) is 0.0525. The van der Waals surface area contributed by atoms with Gasteiger partial charge in [0.15, 0.2) is 15.5 Å². The number of amides is 1. The second kappa shape index (κ2) is 16.9. The number of hydrogen-bond donors (Lipinski definition) is 9. The number of hydrogen-bond acceptors (Lipinski definition) is 21. The summed E-state index contributed by atoms with van der Waals surface area (Å²) in [6.07, 6.45) is -1.25. The average molecular weight is 898 g/mol. The Bertz CT molecular complexity index is 2810. The number of carbonyl (C=O) groups excluding carboxylic acids is 1. The van der Waals surface area contributed by atoms with Gasteiger partial charge in [-0.3, -0.25) is 18.7 Å². The van der Waals surface area contributed by atoms with Crippen LogP contribution in [0.15, 0.2) is 78.1 Å². The number of halogens is 2. The third-order valence-corrected chi connectivity index (χ3v) is 11.0. The molecule has 3 aromatic heterocycles. The minimum Gasteiger partial charge on any atom is -0.494 e. The Kier molecular flexibility index (Phi) is 12.6. The summed E-state index contributed by atoms with van der Waals surface area (Å²) < 4.78 is 104. The Morgan fingerprint density at radius 1 is 0.932 bits per heavy atom. The number of rotatable bonds is 15. The van der Waals surface area contributed by atoms with E-state index in [-0.39, 0.29) is 51.6 Å². The number of aryl methyl sites for hydroxylation is 1. The van der Waals surface area contributed by atoms with Crippen LogP contribution in [0.1, 0.15) is 21.7 Å². The van der Waals surface area contributed by atoms with Crippen LogP contribution in [0.4, 0.5) is 45.0 Å². The van der Waals surface area contributed by atoms with Crippen molar-refractivity contribution in [3.05, 3.63) is 87.1 Å². The van der Waals surface area contributed by atoms with Crippen molar-refractivity contribution in [2.24, 2.45) is 16.0 Å². The smallest absolute Gasteiger partial charge is 0.315 e. The van der Waals surface area contributed by atoms with E-state index in [1.165, 1.54) is 31.2 Å². The summed E-state index contributed by atoms with van der Waals surface area (Å²) in [4.78, 5) is 46.7. The predicted molar refractivity (Wildman–Crippen MR) is 208 cm³/mol. The van der Waals surface area contributed by atoms with Gasteiger partial charge in [0.2, 0.25) is 29.0 Å². The molecular formula is C30H29ClFN13O11S3. The number of aromatic hydroxyl groups is 1. The third-order valence-electron chi connectivity index (χ3n) is 7.65. The van der Waals surface area contributed by atoms with Crippen LogP contribution in [0, 0.1) is 19.9 Å². The van der Waals surface area contributed by atoms with E-state index in [4.69, 9.17) is 17.3 Å². The zero-order chi connectivity index (χ0) is 43.6. The second-order valence-corrected chi connectivity index (χ2v) is 16.7. The number of nitrogens with zero attached hydrogens (tertiary/aromatic N) is 9. The van der Waals surface area contributed by atoms with Gasteiger partial charge in [-0.2, -0.15) is 37.7 Å². The molecule has 24 nitrogen and oxygen atoms in total. The first-order chi connectivity index (χ1) is 27.5. The van der Waals surface area contributed by atoms with Crippen molar-refractivity contribution >= 4 is 88.9 Å². The fraction of sp³-hybridized carbons (Fsp3) is 0.133. The molecule has 0 unspecified atom stereocenters. The van der Waals surface area contributed by atoms with Gasteiger partial charge in [-0.05, 0) is 61.8 Å². The monoisotopic (exact) mass is 897 g/mol. The van der Waals surface area contributed by atoms with Crippen molar-refractivity contribution in [3.8, 4) is 5.88 Å². The summed E-state index contributed by atoms with van der Waals surface area (Å²) in [5.74, 6) is -3.10. The number of nitrogens with one attached hydrogen (secondary N) is 3. The maximum atomic E-state index is 14.4. The van der Waals surface area contributed by atoms with E-state index in [1.54, 1.807) is 0 Å². The molecule has 59 heavy (non-hydrogen) atoms. The highest BCUT2D eigenvalue weighted by Gasteiger charge is 2.29. The molecule has 2 aromatic carbocycles. The van der Waals surface area contributed by atoms with Gasteiger partial charge in [0.05, 0.1) is 15.5 Å². The molecule has 3 heterocycles. The Morgan fingerprint density at radius 3 is 2.17 bits per heavy atom. The number of aromatic nitrogens is 7. The van der Waals surface area contributed by atoms with Crippen molar-refractivity contribution < 1.29 is 49.3 Å². The molecule has 1 amide bonds. The SMILES string of the molecule is C=CS(=O)(=O)c1ccc(Nc2nc(F)nc(NCCn3c(O)c(C(N)=O)c(C)c(N=Nc4cc(Nc5nc(C)nc(Cl)n5)c(S(O)(O)O)cc4S(=O)(=O)O)c3=O)n2)cc1. The van der Waals surface area contributed by atoms with Crippen LogP contribution in [-0.4, -0.2) is 87.1 Å². The highest BCUT2D eigenvalue weighted by molar-refractivity contribution is 8.19. The van der Waals surface area contributed by atoms with Crippen molar-refractivity contribution in [2.75, 3.05) is 22.5 Å². The number of carbonyl (C=O) groups is 1. The first-order valence-electron chi connectivity index (χ1n) is 15.9. The van der Waals surface area contributed by atoms with Crippen molar-refractivity contribution in [3.63, 3.8) is 0 Å². The van der Waals surface area contributed by atoms with Gasteiger partial charge in [0.25, 0.3) is 21.6 Å². The van der Waals surface area contributed by atoms with Gasteiger partial charge in [0, 0.05) is 29.7 Å². The lowest BCUT2D eigenvalue weighted by atomic mass is 10.1. The summed E-state index contributed by atoms with van der Waals surface area (Å²) in [5, 5.41) is 26.7. The van der Waals surface area contributed by atoms with Crippen LogP contribution in [0.5, 0.6) is 5.88 Å². The van der Waals surface area contributed by atoms with Crippen LogP contribution in [0.25, 0.3) is 0 Å². The lowest BCUT2D eigenvalue weighted by Gasteiger charge is -2.23. The third kappa shape index (κ3) is 10.2. The molecule has 10 N–H and O–H groups in total. The van der Waals surface area contributed by atoms with Gasteiger partial charge in [-0.1, -0.05) is 6.58 Å². The molecule has 0 atom stereocenters. The normalized spacial score (nSPS) is 12.3. The standard InChI is InChI=1S/C30H29ClFN13O11S3/c1-4-57(49,50)16-7-5-15(6-8-16)37-30-41-27(32)40-28(42-30)34-9-10-45-24(47)21(23(33)46)13(2)22(25(45)48)44-43-18-11-17(38-29-36-14(3)35-26(31)39-29)19(58(51,52)53)12-20(18)59(54,55)56/h4-8,11-12,47,51-53H,1,9-10H2,2-3H3,(H2,33,46)(H,54,55,56)(H,35,36,38,39)(H2,34,37,40,41,42). The summed E-state index contributed by atoms with van der Waals surface area (Å²) in [6, 6.07) is 6.44. The highest BCUT2D eigenvalue weighted by atomic mass is 35.5. The summed E-state index contributed by atoms with van der Waals surface area (Å²) in [5.41, 5.74) is 1.71. The topological polar surface area (TPSA) is 373 Å². The van der Waals surface area contributed by atoms with Crippen molar-refractivity contribution in [1.82, 2.24) is 34.5 Å². The zero-order valence-corrected chi connectivity index (χ0v) is 33.1. The number of anilines is 5. The van der Waals surface area contributed by atoms with Crippen LogP contribution < -0.4 is 27.2 Å². The summed E-state index contributed by atoms with van der Waals surface area (Å²) in [7, 11) is -13.8. The number of benzene rings is 2.